The van der Waals surface area contributed by atoms with Gasteiger partial charge in [0.15, 0.2) is 6.10 Å². The molecule has 1 fully saturated rings. The number of carbonyl (C=O) groups excluding carboxylic acids is 4. The number of carboxylic acid groups (broad SMARTS) is 1. The van der Waals surface area contributed by atoms with Crippen LogP contribution < -0.4 is 10.6 Å². The number of nitrogens with one attached hydrogen (secondary N) is 2. The summed E-state index contributed by atoms with van der Waals surface area (Å²) in [4.78, 5) is 75.2. The summed E-state index contributed by atoms with van der Waals surface area (Å²) < 4.78 is 19.5. The van der Waals surface area contributed by atoms with Gasteiger partial charge in [-0.15, -0.1) is 11.3 Å². The molecular weight excluding hydrogens is 762 g/mol. The summed E-state index contributed by atoms with van der Waals surface area (Å²) in [6, 6.07) is 13.2. The summed E-state index contributed by atoms with van der Waals surface area (Å²) in [5, 5.41) is 17.6. The highest BCUT2D eigenvalue weighted by Crippen LogP contribution is 2.32. The number of nitrogens with zero attached hydrogens (tertiary/aromatic N) is 3. The Labute approximate surface area is 345 Å². The molecule has 0 radical (unpaired) electrons. The normalized spacial score (nSPS) is 17.6. The molecule has 2 heterocycles. The molecule has 4 rings (SSSR count). The van der Waals surface area contributed by atoms with E-state index < -0.39 is 53.8 Å². The number of likely N-dealkylation sites (tertiary alicyclic amines) is 1. The minimum Gasteiger partial charge on any atom is -0.481 e. The van der Waals surface area contributed by atoms with Crippen molar-refractivity contribution in [2.24, 2.45) is 17.8 Å². The fourth-order valence-electron chi connectivity index (χ4n) is 7.46. The summed E-state index contributed by atoms with van der Waals surface area (Å²) in [5.74, 6) is -3.96. The first kappa shape index (κ1) is 46.0. The van der Waals surface area contributed by atoms with E-state index in [4.69, 9.17) is 4.74 Å². The van der Waals surface area contributed by atoms with Gasteiger partial charge in [0.1, 0.15) is 22.6 Å². The number of amides is 3. The van der Waals surface area contributed by atoms with Crippen LogP contribution in [0.25, 0.3) is 0 Å². The lowest BCUT2D eigenvalue weighted by Gasteiger charge is -2.40. The number of rotatable bonds is 20. The summed E-state index contributed by atoms with van der Waals surface area (Å²) in [7, 11) is 1.94. The van der Waals surface area contributed by atoms with Crippen LogP contribution in [-0.2, 0) is 36.9 Å². The number of esters is 1. The Bertz CT molecular complexity index is 1820. The number of hydrogen-bond donors (Lipinski definition) is 3. The third-order valence-electron chi connectivity index (χ3n) is 11.1. The number of aromatic nitrogens is 1. The molecular formula is C44H60FN5O7S. The molecule has 1 aromatic heterocycles. The summed E-state index contributed by atoms with van der Waals surface area (Å²) >= 11 is 1.15. The van der Waals surface area contributed by atoms with Crippen LogP contribution in [0.1, 0.15) is 113 Å². The number of thiazole rings is 1. The van der Waals surface area contributed by atoms with Gasteiger partial charge in [-0.25, -0.2) is 9.37 Å². The Kier molecular flexibility index (Phi) is 17.4. The van der Waals surface area contributed by atoms with Gasteiger partial charge in [0.2, 0.25) is 11.8 Å². The Balaban J connectivity index is 1.64. The minimum atomic E-state index is -1.01. The Hall–Kier alpha value is -4.69. The van der Waals surface area contributed by atoms with Crippen LogP contribution in [0.3, 0.4) is 0 Å². The van der Waals surface area contributed by atoms with E-state index in [0.717, 1.165) is 48.3 Å². The molecule has 12 nitrogen and oxygen atoms in total. The number of halogens is 1. The van der Waals surface area contributed by atoms with E-state index in [-0.39, 0.29) is 61.2 Å². The zero-order valence-corrected chi connectivity index (χ0v) is 35.6. The molecule has 3 amide bonds. The van der Waals surface area contributed by atoms with Crippen molar-refractivity contribution >= 4 is 41.0 Å². The van der Waals surface area contributed by atoms with Gasteiger partial charge in [-0.05, 0) is 74.4 Å². The molecule has 1 aliphatic heterocycles. The predicted molar refractivity (Wildman–Crippen MR) is 221 cm³/mol. The van der Waals surface area contributed by atoms with E-state index in [1.165, 1.54) is 19.1 Å². The van der Waals surface area contributed by atoms with Gasteiger partial charge in [0, 0.05) is 37.4 Å². The summed E-state index contributed by atoms with van der Waals surface area (Å²) in [6.45, 7) is 11.9. The van der Waals surface area contributed by atoms with Crippen molar-refractivity contribution in [1.82, 2.24) is 25.4 Å². The summed E-state index contributed by atoms with van der Waals surface area (Å²) in [5.41, 5.74) is 1.69. The SMILES string of the molecule is CCC(C)C(NC(=O)C1CCCCN1C)C(=O)N(Cc1ccccc1)[C@H](C[C@@H](OC(C)=O)c1nc(C(=O)N[C@@H](Cc2ccc(F)cc2)C[C@H](C)C(=O)O)cs1)C(C)C. The second kappa shape index (κ2) is 21.9. The lowest BCUT2D eigenvalue weighted by Crippen LogP contribution is -2.58. The van der Waals surface area contributed by atoms with Gasteiger partial charge in [-0.1, -0.05) is 89.9 Å². The third-order valence-corrected chi connectivity index (χ3v) is 12.0. The number of hydrogen-bond acceptors (Lipinski definition) is 9. The Morgan fingerprint density at radius 3 is 2.28 bits per heavy atom. The van der Waals surface area contributed by atoms with Crippen molar-refractivity contribution in [1.29, 1.82) is 0 Å². The number of ether oxygens (including phenoxy) is 1. The highest BCUT2D eigenvalue weighted by molar-refractivity contribution is 7.09. The number of carboxylic acids is 1. The topological polar surface area (TPSA) is 158 Å². The molecule has 3 aromatic rings. The maximum Gasteiger partial charge on any atom is 0.306 e. The van der Waals surface area contributed by atoms with Gasteiger partial charge >= 0.3 is 11.9 Å². The predicted octanol–water partition coefficient (Wildman–Crippen LogP) is 6.80. The molecule has 7 atom stereocenters. The lowest BCUT2D eigenvalue weighted by atomic mass is 9.91. The van der Waals surface area contributed by atoms with Crippen LogP contribution in [0, 0.1) is 23.6 Å². The van der Waals surface area contributed by atoms with Gasteiger partial charge < -0.3 is 25.4 Å². The number of piperidine rings is 1. The van der Waals surface area contributed by atoms with Crippen molar-refractivity contribution in [3.8, 4) is 0 Å². The maximum atomic E-state index is 15.0. The Morgan fingerprint density at radius 1 is 0.983 bits per heavy atom. The van der Waals surface area contributed by atoms with Crippen molar-refractivity contribution < 1.29 is 38.2 Å². The number of likely N-dealkylation sites (N-methyl/N-ethyl adjacent to an activating group) is 1. The zero-order chi connectivity index (χ0) is 42.5. The molecule has 1 saturated heterocycles. The van der Waals surface area contributed by atoms with Crippen molar-refractivity contribution in [2.45, 2.75) is 123 Å². The minimum absolute atomic E-state index is 0.0646. The second-order valence-electron chi connectivity index (χ2n) is 16.0. The molecule has 58 heavy (non-hydrogen) atoms. The molecule has 3 unspecified atom stereocenters. The highest BCUT2D eigenvalue weighted by Gasteiger charge is 2.39. The molecule has 316 valence electrons. The average molecular weight is 822 g/mol. The fraction of sp³-hybridized carbons (Fsp3) is 0.545. The van der Waals surface area contributed by atoms with Crippen LogP contribution in [0.4, 0.5) is 4.39 Å². The largest absolute Gasteiger partial charge is 0.481 e. The van der Waals surface area contributed by atoms with Gasteiger partial charge in [-0.3, -0.25) is 28.9 Å². The van der Waals surface area contributed by atoms with Gasteiger partial charge in [0.25, 0.3) is 5.91 Å². The van der Waals surface area contributed by atoms with Gasteiger partial charge in [0.05, 0.1) is 12.0 Å². The molecule has 1 aliphatic rings. The van der Waals surface area contributed by atoms with E-state index in [9.17, 15) is 33.5 Å². The first-order valence-electron chi connectivity index (χ1n) is 20.3. The van der Waals surface area contributed by atoms with Crippen molar-refractivity contribution in [3.63, 3.8) is 0 Å². The third kappa shape index (κ3) is 13.2. The molecule has 0 spiro atoms. The second-order valence-corrected chi connectivity index (χ2v) is 16.9. The van der Waals surface area contributed by atoms with E-state index in [1.807, 2.05) is 70.0 Å². The zero-order valence-electron chi connectivity index (χ0n) is 34.8. The first-order valence-corrected chi connectivity index (χ1v) is 21.2. The monoisotopic (exact) mass is 821 g/mol. The number of aliphatic carboxylic acids is 1. The maximum absolute atomic E-state index is 15.0. The van der Waals surface area contributed by atoms with Crippen LogP contribution in [0.2, 0.25) is 0 Å². The molecule has 2 aromatic carbocycles. The van der Waals surface area contributed by atoms with E-state index in [0.29, 0.717) is 11.4 Å². The highest BCUT2D eigenvalue weighted by atomic mass is 32.1. The van der Waals surface area contributed by atoms with Crippen LogP contribution >= 0.6 is 11.3 Å². The lowest BCUT2D eigenvalue weighted by molar-refractivity contribution is -0.150. The average Bonchev–Trinajstić information content (AvgIpc) is 3.69. The molecule has 0 aliphatic carbocycles. The van der Waals surface area contributed by atoms with Crippen molar-refractivity contribution in [3.05, 3.63) is 87.6 Å². The van der Waals surface area contributed by atoms with Crippen LogP contribution in [-0.4, -0.2) is 87.3 Å². The quantitative estimate of drug-likeness (QED) is 0.104. The molecule has 14 heteroatoms. The number of carbonyl (C=O) groups is 5. The smallest absolute Gasteiger partial charge is 0.306 e. The standard InChI is InChI=1S/C44H60FN5O7S/c1-8-28(4)39(48-41(53)36-16-12-13-21-49(36)7)43(54)50(25-32-14-10-9-11-15-32)37(27(2)3)24-38(57-30(6)51)42-47-35(26-58-42)40(52)46-34(22-29(5)44(55)56)23-31-17-19-33(45)20-18-31/h9-11,14-15,17-20,26-29,34,36-39H,8,12-13,16,21-25H2,1-7H3,(H,46,52)(H,48,53)(H,55,56)/t28?,29-,34+,36?,37+,38+,39?/m0/s1. The summed E-state index contributed by atoms with van der Waals surface area (Å²) in [6.07, 6.45) is 2.99. The van der Waals surface area contributed by atoms with Crippen LogP contribution in [0.15, 0.2) is 60.0 Å². The molecule has 0 saturated carbocycles. The van der Waals surface area contributed by atoms with E-state index in [2.05, 4.69) is 15.6 Å². The number of benzene rings is 2. The van der Waals surface area contributed by atoms with Gasteiger partial charge in [-0.2, -0.15) is 0 Å². The first-order chi connectivity index (χ1) is 27.6. The molecule has 3 N–H and O–H groups in total. The van der Waals surface area contributed by atoms with E-state index >= 15 is 0 Å². The van der Waals surface area contributed by atoms with Crippen LogP contribution in [0.5, 0.6) is 0 Å². The van der Waals surface area contributed by atoms with E-state index in [1.54, 1.807) is 29.3 Å². The van der Waals surface area contributed by atoms with Crippen molar-refractivity contribution in [2.75, 3.05) is 13.6 Å². The Morgan fingerprint density at radius 2 is 1.67 bits per heavy atom. The molecule has 0 bridgehead atoms. The fourth-order valence-corrected chi connectivity index (χ4v) is 8.30.